The quantitative estimate of drug-likeness (QED) is 0.332. The Morgan fingerprint density at radius 3 is 2.39 bits per heavy atom. The summed E-state index contributed by atoms with van der Waals surface area (Å²) in [6, 6.07) is 12.2. The van der Waals surface area contributed by atoms with E-state index in [2.05, 4.69) is 12.2 Å². The Labute approximate surface area is 172 Å². The molecule has 2 rings (SSSR count). The van der Waals surface area contributed by atoms with Crippen molar-refractivity contribution in [2.75, 3.05) is 19.0 Å². The average Bonchev–Trinajstić information content (AvgIpc) is 2.66. The number of nitrogens with one attached hydrogen (secondary N) is 2. The molecule has 7 heteroatoms. The molecule has 0 spiro atoms. The SMILES string of the molecule is CCCc1cc(OC)cc(C(Nc2ccc(C(=N)N)cc2)C(=O)OCC)c1.Cl. The van der Waals surface area contributed by atoms with Gasteiger partial charge in [0.2, 0.25) is 0 Å². The normalized spacial score (nSPS) is 11.1. The maximum absolute atomic E-state index is 12.6. The minimum atomic E-state index is -0.668. The van der Waals surface area contributed by atoms with Crippen LogP contribution in [0.4, 0.5) is 5.69 Å². The molecular formula is C21H28ClN3O3. The van der Waals surface area contributed by atoms with Crippen molar-refractivity contribution in [2.45, 2.75) is 32.7 Å². The minimum absolute atomic E-state index is 0. The first-order valence-corrected chi connectivity index (χ1v) is 9.04. The number of carbonyl (C=O) groups is 1. The van der Waals surface area contributed by atoms with Gasteiger partial charge in [-0.2, -0.15) is 0 Å². The molecule has 0 heterocycles. The Morgan fingerprint density at radius 1 is 1.18 bits per heavy atom. The summed E-state index contributed by atoms with van der Waals surface area (Å²) in [6.45, 7) is 4.19. The first kappa shape index (κ1) is 23.3. The molecule has 6 nitrogen and oxygen atoms in total. The van der Waals surface area contributed by atoms with Crippen molar-refractivity contribution in [1.29, 1.82) is 5.41 Å². The van der Waals surface area contributed by atoms with Crippen LogP contribution in [-0.2, 0) is 16.0 Å². The molecule has 1 unspecified atom stereocenters. The van der Waals surface area contributed by atoms with Crippen LogP contribution in [0.3, 0.4) is 0 Å². The average molecular weight is 406 g/mol. The second-order valence-corrected chi connectivity index (χ2v) is 6.18. The van der Waals surface area contributed by atoms with Crippen molar-refractivity contribution >= 4 is 29.9 Å². The van der Waals surface area contributed by atoms with Crippen molar-refractivity contribution in [3.63, 3.8) is 0 Å². The van der Waals surface area contributed by atoms with E-state index < -0.39 is 6.04 Å². The van der Waals surface area contributed by atoms with Crippen LogP contribution in [0.2, 0.25) is 0 Å². The first-order chi connectivity index (χ1) is 13.0. The topological polar surface area (TPSA) is 97.4 Å². The number of hydrogen-bond donors (Lipinski definition) is 3. The molecular weight excluding hydrogens is 378 g/mol. The van der Waals surface area contributed by atoms with E-state index >= 15 is 0 Å². The molecule has 0 saturated carbocycles. The molecule has 0 fully saturated rings. The largest absolute Gasteiger partial charge is 0.497 e. The van der Waals surface area contributed by atoms with Gasteiger partial charge in [-0.3, -0.25) is 5.41 Å². The molecule has 0 amide bonds. The molecule has 2 aromatic rings. The van der Waals surface area contributed by atoms with Gasteiger partial charge in [0.1, 0.15) is 11.6 Å². The molecule has 0 aliphatic carbocycles. The van der Waals surface area contributed by atoms with E-state index in [0.29, 0.717) is 17.9 Å². The lowest BCUT2D eigenvalue weighted by molar-refractivity contribution is -0.144. The smallest absolute Gasteiger partial charge is 0.333 e. The highest BCUT2D eigenvalue weighted by molar-refractivity contribution is 5.95. The fourth-order valence-corrected chi connectivity index (χ4v) is 2.82. The Morgan fingerprint density at radius 2 is 1.86 bits per heavy atom. The highest BCUT2D eigenvalue weighted by atomic mass is 35.5. The van der Waals surface area contributed by atoms with Gasteiger partial charge in [-0.15, -0.1) is 12.4 Å². The van der Waals surface area contributed by atoms with Crippen LogP contribution < -0.4 is 15.8 Å². The number of ether oxygens (including phenoxy) is 2. The first-order valence-electron chi connectivity index (χ1n) is 9.04. The number of hydrogen-bond acceptors (Lipinski definition) is 5. The number of halogens is 1. The van der Waals surface area contributed by atoms with Crippen LogP contribution in [0.5, 0.6) is 5.75 Å². The Hall–Kier alpha value is -2.73. The Kier molecular flexibility index (Phi) is 9.32. The standard InChI is InChI=1S/C21H27N3O3.ClH/c1-4-6-14-11-16(13-18(12-14)26-3)19(21(25)27-5-2)24-17-9-7-15(8-10-17)20(22)23;/h7-13,19,24H,4-6H2,1-3H3,(H3,22,23);1H. The van der Waals surface area contributed by atoms with Gasteiger partial charge < -0.3 is 20.5 Å². The fraction of sp³-hybridized carbons (Fsp3) is 0.333. The highest BCUT2D eigenvalue weighted by Gasteiger charge is 2.23. The number of nitrogens with two attached hydrogens (primary N) is 1. The number of anilines is 1. The van der Waals surface area contributed by atoms with E-state index in [9.17, 15) is 4.79 Å². The van der Waals surface area contributed by atoms with Crippen molar-refractivity contribution in [2.24, 2.45) is 5.73 Å². The van der Waals surface area contributed by atoms with Crippen molar-refractivity contribution in [3.8, 4) is 5.75 Å². The molecule has 28 heavy (non-hydrogen) atoms. The van der Waals surface area contributed by atoms with Crippen molar-refractivity contribution in [3.05, 3.63) is 59.2 Å². The van der Waals surface area contributed by atoms with Crippen LogP contribution >= 0.6 is 12.4 Å². The Bertz CT molecular complexity index is 794. The second kappa shape index (κ2) is 11.2. The third kappa shape index (κ3) is 6.16. The van der Waals surface area contributed by atoms with E-state index in [0.717, 1.165) is 29.7 Å². The zero-order valence-electron chi connectivity index (χ0n) is 16.5. The van der Waals surface area contributed by atoms with Gasteiger partial charge in [0, 0.05) is 11.3 Å². The number of benzene rings is 2. The second-order valence-electron chi connectivity index (χ2n) is 6.18. The number of aryl methyl sites for hydroxylation is 1. The van der Waals surface area contributed by atoms with Gasteiger partial charge in [-0.05, 0) is 60.9 Å². The zero-order valence-corrected chi connectivity index (χ0v) is 17.3. The van der Waals surface area contributed by atoms with Crippen LogP contribution in [0.25, 0.3) is 0 Å². The summed E-state index contributed by atoms with van der Waals surface area (Å²) in [6.07, 6.45) is 1.89. The summed E-state index contributed by atoms with van der Waals surface area (Å²) < 4.78 is 10.7. The van der Waals surface area contributed by atoms with Crippen molar-refractivity contribution < 1.29 is 14.3 Å². The molecule has 0 saturated heterocycles. The summed E-state index contributed by atoms with van der Waals surface area (Å²) in [5.74, 6) is 0.350. The predicted octanol–water partition coefficient (Wildman–Crippen LogP) is 4.07. The van der Waals surface area contributed by atoms with E-state index in [4.69, 9.17) is 20.6 Å². The maximum atomic E-state index is 12.6. The van der Waals surface area contributed by atoms with Gasteiger partial charge >= 0.3 is 5.97 Å². The number of carbonyl (C=O) groups excluding carboxylic acids is 1. The molecule has 4 N–H and O–H groups in total. The van der Waals surface area contributed by atoms with Crippen LogP contribution in [0, 0.1) is 5.41 Å². The zero-order chi connectivity index (χ0) is 19.8. The molecule has 152 valence electrons. The van der Waals surface area contributed by atoms with E-state index in [1.165, 1.54) is 0 Å². The number of nitrogen functional groups attached to an aromatic ring is 1. The summed E-state index contributed by atoms with van der Waals surface area (Å²) in [4.78, 5) is 12.6. The lowest BCUT2D eigenvalue weighted by atomic mass is 10.0. The Balaban J connectivity index is 0.00000392. The number of methoxy groups -OCH3 is 1. The van der Waals surface area contributed by atoms with Gasteiger partial charge in [-0.25, -0.2) is 4.79 Å². The third-order valence-electron chi connectivity index (χ3n) is 4.13. The van der Waals surface area contributed by atoms with Crippen molar-refractivity contribution in [1.82, 2.24) is 0 Å². The fourth-order valence-electron chi connectivity index (χ4n) is 2.82. The number of esters is 1. The summed E-state index contributed by atoms with van der Waals surface area (Å²) in [5, 5.41) is 10.7. The van der Waals surface area contributed by atoms with Crippen LogP contribution in [0.1, 0.15) is 43.0 Å². The molecule has 0 aliphatic rings. The lowest BCUT2D eigenvalue weighted by Crippen LogP contribution is -2.23. The number of rotatable bonds is 9. The third-order valence-corrected chi connectivity index (χ3v) is 4.13. The van der Waals surface area contributed by atoms with E-state index in [-0.39, 0.29) is 24.2 Å². The monoisotopic (exact) mass is 405 g/mol. The minimum Gasteiger partial charge on any atom is -0.497 e. The van der Waals surface area contributed by atoms with E-state index in [1.807, 2.05) is 18.2 Å². The molecule has 2 aromatic carbocycles. The van der Waals surface area contributed by atoms with E-state index in [1.54, 1.807) is 38.3 Å². The lowest BCUT2D eigenvalue weighted by Gasteiger charge is -2.20. The summed E-state index contributed by atoms with van der Waals surface area (Å²) in [7, 11) is 1.61. The highest BCUT2D eigenvalue weighted by Crippen LogP contribution is 2.27. The molecule has 0 bridgehead atoms. The van der Waals surface area contributed by atoms with Gasteiger partial charge in [-0.1, -0.05) is 19.4 Å². The molecule has 0 aromatic heterocycles. The summed E-state index contributed by atoms with van der Waals surface area (Å²) >= 11 is 0. The molecule has 1 atom stereocenters. The summed E-state index contributed by atoms with van der Waals surface area (Å²) in [5.41, 5.74) is 8.75. The van der Waals surface area contributed by atoms with Gasteiger partial charge in [0.25, 0.3) is 0 Å². The van der Waals surface area contributed by atoms with Gasteiger partial charge in [0.15, 0.2) is 6.04 Å². The predicted molar refractivity (Wildman–Crippen MR) is 115 cm³/mol. The van der Waals surface area contributed by atoms with Gasteiger partial charge in [0.05, 0.1) is 13.7 Å². The van der Waals surface area contributed by atoms with Crippen LogP contribution in [-0.4, -0.2) is 25.5 Å². The molecule has 0 radical (unpaired) electrons. The number of amidine groups is 1. The molecule has 0 aliphatic heterocycles. The van der Waals surface area contributed by atoms with Crippen LogP contribution in [0.15, 0.2) is 42.5 Å². The maximum Gasteiger partial charge on any atom is 0.333 e.